The van der Waals surface area contributed by atoms with Crippen LogP contribution in [-0.4, -0.2) is 32.1 Å². The van der Waals surface area contributed by atoms with Crippen molar-refractivity contribution in [3.63, 3.8) is 0 Å². The Hall–Kier alpha value is -1.11. The van der Waals surface area contributed by atoms with Crippen molar-refractivity contribution in [1.82, 2.24) is 4.72 Å². The predicted molar refractivity (Wildman–Crippen MR) is 100 cm³/mol. The normalized spacial score (nSPS) is 20.4. The maximum atomic E-state index is 12.7. The molecule has 1 aliphatic heterocycles. The van der Waals surface area contributed by atoms with Gasteiger partial charge in [0.2, 0.25) is 10.0 Å². The Morgan fingerprint density at radius 1 is 1.12 bits per heavy atom. The Morgan fingerprint density at radius 2 is 1.68 bits per heavy atom. The lowest BCUT2D eigenvalue weighted by Crippen LogP contribution is -3.06. The van der Waals surface area contributed by atoms with Gasteiger partial charge in [0.05, 0.1) is 22.6 Å². The van der Waals surface area contributed by atoms with Gasteiger partial charge in [0, 0.05) is 18.9 Å². The Bertz CT molecular complexity index is 650. The number of rotatable bonds is 7. The summed E-state index contributed by atoms with van der Waals surface area (Å²) in [6.45, 7) is 11.4. The van der Waals surface area contributed by atoms with Gasteiger partial charge < -0.3 is 10.1 Å². The number of nitrogens with two attached hydrogens (primary N) is 1. The van der Waals surface area contributed by atoms with E-state index in [1.165, 1.54) is 0 Å². The van der Waals surface area contributed by atoms with Crippen molar-refractivity contribution in [2.24, 2.45) is 0 Å². The maximum absolute atomic E-state index is 12.7. The summed E-state index contributed by atoms with van der Waals surface area (Å²) in [6.07, 6.45) is 3.69. The second-order valence-electron chi connectivity index (χ2n) is 8.52. The molecule has 3 N–H and O–H groups in total. The molecule has 0 aromatic heterocycles. The van der Waals surface area contributed by atoms with Crippen LogP contribution in [0.3, 0.4) is 0 Å². The number of ether oxygens (including phenoxy) is 1. The third-order valence-electron chi connectivity index (χ3n) is 4.55. The highest BCUT2D eigenvalue weighted by molar-refractivity contribution is 7.89. The fourth-order valence-electron chi connectivity index (χ4n) is 3.94. The molecule has 1 saturated heterocycles. The third-order valence-corrected chi connectivity index (χ3v) is 6.09. The van der Waals surface area contributed by atoms with Crippen LogP contribution in [-0.2, 0) is 10.0 Å². The minimum atomic E-state index is -3.52. The van der Waals surface area contributed by atoms with E-state index >= 15 is 0 Å². The van der Waals surface area contributed by atoms with E-state index in [-0.39, 0.29) is 17.1 Å². The number of sulfonamides is 1. The Labute approximate surface area is 152 Å². The smallest absolute Gasteiger partial charge is 0.240 e. The molecule has 1 heterocycles. The molecule has 0 radical (unpaired) electrons. The summed E-state index contributed by atoms with van der Waals surface area (Å²) < 4.78 is 34.0. The summed E-state index contributed by atoms with van der Waals surface area (Å²) in [4.78, 5) is 0.292. The highest BCUT2D eigenvalue weighted by Crippen LogP contribution is 2.24. The Kier molecular flexibility index (Phi) is 6.17. The summed E-state index contributed by atoms with van der Waals surface area (Å²) in [5, 5.41) is 2.34. The molecule has 6 heteroatoms. The third kappa shape index (κ3) is 5.97. The highest BCUT2D eigenvalue weighted by atomic mass is 32.2. The molecule has 0 spiro atoms. The SMILES string of the molecule is CCCCOc1ccc(S(=O)(=O)NC2CC(C)(C)[NH2+]C(C)(C)C2)cc1. The molecule has 1 aliphatic rings. The zero-order valence-electron chi connectivity index (χ0n) is 16.1. The van der Waals surface area contributed by atoms with Crippen LogP contribution >= 0.6 is 0 Å². The van der Waals surface area contributed by atoms with Crippen LogP contribution in [0.25, 0.3) is 0 Å². The van der Waals surface area contributed by atoms with Crippen LogP contribution < -0.4 is 14.8 Å². The molecule has 0 unspecified atom stereocenters. The summed E-state index contributed by atoms with van der Waals surface area (Å²) in [6, 6.07) is 6.64. The minimum Gasteiger partial charge on any atom is -0.494 e. The van der Waals surface area contributed by atoms with Gasteiger partial charge in [-0.25, -0.2) is 13.1 Å². The standard InChI is InChI=1S/C19H32N2O3S/c1-6-7-12-24-16-8-10-17(11-9-16)25(22,23)20-15-13-18(2,3)21-19(4,5)14-15/h8-11,15,20-21H,6-7,12-14H2,1-5H3/p+1. The number of piperidine rings is 1. The van der Waals surface area contributed by atoms with Crippen molar-refractivity contribution < 1.29 is 18.5 Å². The first-order valence-corrected chi connectivity index (χ1v) is 10.6. The van der Waals surface area contributed by atoms with Gasteiger partial charge in [0.25, 0.3) is 0 Å². The number of unbranched alkanes of at least 4 members (excludes halogenated alkanes) is 1. The first kappa shape index (κ1) is 20.2. The van der Waals surface area contributed by atoms with E-state index in [0.29, 0.717) is 17.3 Å². The average molecular weight is 370 g/mol. The van der Waals surface area contributed by atoms with Gasteiger partial charge in [-0.15, -0.1) is 0 Å². The van der Waals surface area contributed by atoms with Crippen molar-refractivity contribution >= 4 is 10.0 Å². The van der Waals surface area contributed by atoms with E-state index < -0.39 is 10.0 Å². The minimum absolute atomic E-state index is 0.0198. The molecular weight excluding hydrogens is 336 g/mol. The van der Waals surface area contributed by atoms with Gasteiger partial charge in [-0.2, -0.15) is 0 Å². The lowest BCUT2D eigenvalue weighted by atomic mass is 9.80. The van der Waals surface area contributed by atoms with Crippen molar-refractivity contribution in [1.29, 1.82) is 0 Å². The second-order valence-corrected chi connectivity index (χ2v) is 10.2. The molecule has 1 fully saturated rings. The summed E-state index contributed by atoms with van der Waals surface area (Å²) in [5.74, 6) is 0.710. The quantitative estimate of drug-likeness (QED) is 0.725. The van der Waals surface area contributed by atoms with E-state index in [1.54, 1.807) is 24.3 Å². The zero-order chi connectivity index (χ0) is 18.7. The molecule has 0 saturated carbocycles. The number of nitrogens with one attached hydrogen (secondary N) is 1. The van der Waals surface area contributed by atoms with Crippen LogP contribution in [0.4, 0.5) is 0 Å². The summed E-state index contributed by atoms with van der Waals surface area (Å²) >= 11 is 0. The van der Waals surface area contributed by atoms with Crippen LogP contribution in [0.5, 0.6) is 5.75 Å². The largest absolute Gasteiger partial charge is 0.494 e. The van der Waals surface area contributed by atoms with E-state index in [1.807, 2.05) is 0 Å². The predicted octanol–water partition coefficient (Wildman–Crippen LogP) is 2.43. The topological polar surface area (TPSA) is 72.0 Å². The van der Waals surface area contributed by atoms with Gasteiger partial charge >= 0.3 is 0 Å². The fraction of sp³-hybridized carbons (Fsp3) is 0.684. The molecular formula is C19H33N2O3S+. The first-order chi connectivity index (χ1) is 11.5. The monoisotopic (exact) mass is 369 g/mol. The van der Waals surface area contributed by atoms with Gasteiger partial charge in [0.15, 0.2) is 0 Å². The molecule has 2 rings (SSSR count). The van der Waals surface area contributed by atoms with Crippen molar-refractivity contribution in [3.05, 3.63) is 24.3 Å². The lowest BCUT2D eigenvalue weighted by molar-refractivity contribution is -0.787. The number of quaternary nitrogens is 1. The number of hydrogen-bond acceptors (Lipinski definition) is 3. The molecule has 0 atom stereocenters. The molecule has 1 aromatic rings. The van der Waals surface area contributed by atoms with Crippen LogP contribution in [0.2, 0.25) is 0 Å². The van der Waals surface area contributed by atoms with Gasteiger partial charge in [0.1, 0.15) is 5.75 Å². The van der Waals surface area contributed by atoms with E-state index in [4.69, 9.17) is 4.74 Å². The molecule has 1 aromatic carbocycles. The molecule has 5 nitrogen and oxygen atoms in total. The van der Waals surface area contributed by atoms with Crippen LogP contribution in [0.1, 0.15) is 60.3 Å². The zero-order valence-corrected chi connectivity index (χ0v) is 16.9. The molecule has 0 aliphatic carbocycles. The number of hydrogen-bond donors (Lipinski definition) is 2. The van der Waals surface area contributed by atoms with Crippen molar-refractivity contribution in [3.8, 4) is 5.75 Å². The van der Waals surface area contributed by atoms with Gasteiger partial charge in [-0.3, -0.25) is 0 Å². The van der Waals surface area contributed by atoms with E-state index in [2.05, 4.69) is 44.7 Å². The fourth-order valence-corrected chi connectivity index (χ4v) is 5.17. The Balaban J connectivity index is 2.06. The van der Waals surface area contributed by atoms with Gasteiger partial charge in [-0.05, 0) is 58.4 Å². The summed E-state index contributed by atoms with van der Waals surface area (Å²) in [7, 11) is -3.52. The molecule has 0 bridgehead atoms. The maximum Gasteiger partial charge on any atom is 0.240 e. The molecule has 142 valence electrons. The molecule has 25 heavy (non-hydrogen) atoms. The van der Waals surface area contributed by atoms with Crippen molar-refractivity contribution in [2.45, 2.75) is 82.3 Å². The van der Waals surface area contributed by atoms with E-state index in [9.17, 15) is 8.42 Å². The van der Waals surface area contributed by atoms with Crippen LogP contribution in [0.15, 0.2) is 29.2 Å². The molecule has 0 amide bonds. The second kappa shape index (κ2) is 7.64. The van der Waals surface area contributed by atoms with Crippen molar-refractivity contribution in [2.75, 3.05) is 6.61 Å². The summed E-state index contributed by atoms with van der Waals surface area (Å²) in [5.41, 5.74) is 0.0395. The van der Waals surface area contributed by atoms with Gasteiger partial charge in [-0.1, -0.05) is 13.3 Å². The van der Waals surface area contributed by atoms with E-state index in [0.717, 1.165) is 25.7 Å². The average Bonchev–Trinajstić information content (AvgIpc) is 2.44. The Morgan fingerprint density at radius 3 is 2.20 bits per heavy atom. The number of benzene rings is 1. The highest BCUT2D eigenvalue weighted by Gasteiger charge is 2.42. The van der Waals surface area contributed by atoms with Crippen LogP contribution in [0, 0.1) is 0 Å². The lowest BCUT2D eigenvalue weighted by Gasteiger charge is -2.43. The first-order valence-electron chi connectivity index (χ1n) is 9.15.